The van der Waals surface area contributed by atoms with Crippen LogP contribution in [-0.2, 0) is 4.79 Å². The Balaban J connectivity index is 1.47. The van der Waals surface area contributed by atoms with E-state index < -0.39 is 0 Å². The molecule has 1 aromatic heterocycles. The maximum Gasteiger partial charge on any atom is 0.251 e. The summed E-state index contributed by atoms with van der Waals surface area (Å²) in [7, 11) is 0. The van der Waals surface area contributed by atoms with Crippen LogP contribution in [0.1, 0.15) is 36.0 Å². The van der Waals surface area contributed by atoms with Gasteiger partial charge in [-0.2, -0.15) is 11.3 Å². The van der Waals surface area contributed by atoms with Crippen LogP contribution >= 0.6 is 11.3 Å². The average Bonchev–Trinajstić information content (AvgIpc) is 3.32. The average molecular weight is 342 g/mol. The van der Waals surface area contributed by atoms with E-state index in [1.807, 2.05) is 35.7 Å². The van der Waals surface area contributed by atoms with Crippen molar-refractivity contribution in [3.63, 3.8) is 0 Å². The fourth-order valence-corrected chi connectivity index (χ4v) is 3.73. The molecule has 1 aromatic carbocycles. The summed E-state index contributed by atoms with van der Waals surface area (Å²) in [5.41, 5.74) is 2.80. The lowest BCUT2D eigenvalue weighted by Gasteiger charge is -2.11. The molecule has 3 rings (SSSR count). The molecular formula is C19H22N2O2S. The highest BCUT2D eigenvalue weighted by Crippen LogP contribution is 2.24. The van der Waals surface area contributed by atoms with E-state index in [4.69, 9.17) is 0 Å². The Hall–Kier alpha value is -2.14. The maximum atomic E-state index is 12.2. The Labute approximate surface area is 146 Å². The molecule has 0 spiro atoms. The van der Waals surface area contributed by atoms with Crippen LogP contribution in [0.25, 0.3) is 11.1 Å². The second-order valence-electron chi connectivity index (χ2n) is 6.12. The van der Waals surface area contributed by atoms with Gasteiger partial charge in [-0.25, -0.2) is 0 Å². The largest absolute Gasteiger partial charge is 0.354 e. The molecule has 5 heteroatoms. The van der Waals surface area contributed by atoms with E-state index in [9.17, 15) is 9.59 Å². The first kappa shape index (κ1) is 16.7. The lowest BCUT2D eigenvalue weighted by Crippen LogP contribution is -2.37. The molecule has 2 N–H and O–H groups in total. The molecule has 2 amide bonds. The third-order valence-corrected chi connectivity index (χ3v) is 5.10. The van der Waals surface area contributed by atoms with Gasteiger partial charge in [0.1, 0.15) is 0 Å². The number of hydrogen-bond acceptors (Lipinski definition) is 3. The monoisotopic (exact) mass is 342 g/mol. The maximum absolute atomic E-state index is 12.2. The van der Waals surface area contributed by atoms with E-state index in [1.54, 1.807) is 11.3 Å². The van der Waals surface area contributed by atoms with Crippen molar-refractivity contribution in [3.8, 4) is 11.1 Å². The molecule has 4 nitrogen and oxygen atoms in total. The van der Waals surface area contributed by atoms with Crippen LogP contribution in [0.15, 0.2) is 41.1 Å². The summed E-state index contributed by atoms with van der Waals surface area (Å²) < 4.78 is 0. The molecule has 1 aliphatic rings. The minimum atomic E-state index is -0.109. The third kappa shape index (κ3) is 4.23. The van der Waals surface area contributed by atoms with Crippen molar-refractivity contribution in [2.24, 2.45) is 5.92 Å². The number of thiophene rings is 1. The van der Waals surface area contributed by atoms with Gasteiger partial charge in [-0.3, -0.25) is 9.59 Å². The first-order valence-corrected chi connectivity index (χ1v) is 9.37. The molecule has 1 heterocycles. The van der Waals surface area contributed by atoms with Gasteiger partial charge in [0.05, 0.1) is 0 Å². The fraction of sp³-hybridized carbons (Fsp3) is 0.368. The van der Waals surface area contributed by atoms with Crippen molar-refractivity contribution in [2.45, 2.75) is 25.7 Å². The first-order chi connectivity index (χ1) is 11.7. The van der Waals surface area contributed by atoms with Gasteiger partial charge in [0.2, 0.25) is 5.91 Å². The van der Waals surface area contributed by atoms with Gasteiger partial charge in [-0.1, -0.05) is 25.0 Å². The fourth-order valence-electron chi connectivity index (χ4n) is 3.06. The molecule has 0 radical (unpaired) electrons. The highest BCUT2D eigenvalue weighted by atomic mass is 32.1. The Kier molecular flexibility index (Phi) is 5.64. The number of carbonyl (C=O) groups is 2. The number of carbonyl (C=O) groups excluding carboxylic acids is 2. The van der Waals surface area contributed by atoms with Crippen molar-refractivity contribution < 1.29 is 9.59 Å². The Morgan fingerprint density at radius 1 is 1.04 bits per heavy atom. The molecule has 0 aliphatic heterocycles. The topological polar surface area (TPSA) is 58.2 Å². The molecule has 2 aromatic rings. The molecular weight excluding hydrogens is 320 g/mol. The third-order valence-electron chi connectivity index (χ3n) is 4.42. The minimum Gasteiger partial charge on any atom is -0.354 e. The second-order valence-corrected chi connectivity index (χ2v) is 6.90. The summed E-state index contributed by atoms with van der Waals surface area (Å²) in [6.07, 6.45) is 4.28. The van der Waals surface area contributed by atoms with Crippen LogP contribution in [0.3, 0.4) is 0 Å². The Morgan fingerprint density at radius 2 is 1.83 bits per heavy atom. The summed E-state index contributed by atoms with van der Waals surface area (Å²) >= 11 is 1.64. The smallest absolute Gasteiger partial charge is 0.251 e. The van der Waals surface area contributed by atoms with Crippen molar-refractivity contribution in [3.05, 3.63) is 46.7 Å². The van der Waals surface area contributed by atoms with E-state index in [0.717, 1.165) is 36.8 Å². The van der Waals surface area contributed by atoms with Gasteiger partial charge in [-0.15, -0.1) is 0 Å². The number of benzene rings is 1. The summed E-state index contributed by atoms with van der Waals surface area (Å²) in [5, 5.41) is 9.87. The predicted octanol–water partition coefficient (Wildman–Crippen LogP) is 3.45. The second kappa shape index (κ2) is 8.11. The van der Waals surface area contributed by atoms with Gasteiger partial charge in [0.15, 0.2) is 0 Å². The van der Waals surface area contributed by atoms with E-state index in [1.165, 1.54) is 0 Å². The molecule has 24 heavy (non-hydrogen) atoms. The van der Waals surface area contributed by atoms with Crippen LogP contribution in [0.4, 0.5) is 0 Å². The summed E-state index contributed by atoms with van der Waals surface area (Å²) in [5.74, 6) is 0.186. The van der Waals surface area contributed by atoms with Crippen LogP contribution in [0, 0.1) is 5.92 Å². The minimum absolute atomic E-state index is 0.109. The number of amides is 2. The van der Waals surface area contributed by atoms with Crippen LogP contribution < -0.4 is 10.6 Å². The molecule has 126 valence electrons. The van der Waals surface area contributed by atoms with Crippen molar-refractivity contribution >= 4 is 23.2 Å². The standard InChI is InChI=1S/C19H22N2O2S/c22-18(14-4-1-2-5-14)20-9-10-21-19(23)16-7-3-6-15(12-16)17-8-11-24-13-17/h3,6-8,11-14H,1-2,4-5,9-10H2,(H,20,22)(H,21,23). The van der Waals surface area contributed by atoms with Crippen LogP contribution in [-0.4, -0.2) is 24.9 Å². The normalized spacial score (nSPS) is 14.5. The quantitative estimate of drug-likeness (QED) is 0.790. The van der Waals surface area contributed by atoms with Gasteiger partial charge in [0.25, 0.3) is 5.91 Å². The zero-order valence-corrected chi connectivity index (χ0v) is 14.4. The van der Waals surface area contributed by atoms with Crippen molar-refractivity contribution in [2.75, 3.05) is 13.1 Å². The summed E-state index contributed by atoms with van der Waals surface area (Å²) in [6.45, 7) is 0.922. The van der Waals surface area contributed by atoms with E-state index in [0.29, 0.717) is 18.7 Å². The van der Waals surface area contributed by atoms with Gasteiger partial charge < -0.3 is 10.6 Å². The van der Waals surface area contributed by atoms with Gasteiger partial charge >= 0.3 is 0 Å². The van der Waals surface area contributed by atoms with Crippen molar-refractivity contribution in [1.82, 2.24) is 10.6 Å². The highest BCUT2D eigenvalue weighted by Gasteiger charge is 2.21. The predicted molar refractivity (Wildman–Crippen MR) is 97.1 cm³/mol. The van der Waals surface area contributed by atoms with Gasteiger partial charge in [-0.05, 0) is 52.9 Å². The molecule has 0 atom stereocenters. The Morgan fingerprint density at radius 3 is 2.58 bits per heavy atom. The summed E-state index contributed by atoms with van der Waals surface area (Å²) in [6, 6.07) is 9.64. The lowest BCUT2D eigenvalue weighted by atomic mass is 10.1. The zero-order chi connectivity index (χ0) is 16.8. The lowest BCUT2D eigenvalue weighted by molar-refractivity contribution is -0.124. The molecule has 1 aliphatic carbocycles. The first-order valence-electron chi connectivity index (χ1n) is 8.42. The van der Waals surface area contributed by atoms with Crippen molar-refractivity contribution in [1.29, 1.82) is 0 Å². The van der Waals surface area contributed by atoms with E-state index in [-0.39, 0.29) is 17.7 Å². The van der Waals surface area contributed by atoms with E-state index >= 15 is 0 Å². The molecule has 1 fully saturated rings. The number of rotatable bonds is 6. The SMILES string of the molecule is O=C(NCCNC(=O)C1CCCC1)c1cccc(-c2ccsc2)c1. The Bertz CT molecular complexity index is 691. The van der Waals surface area contributed by atoms with E-state index in [2.05, 4.69) is 16.0 Å². The molecule has 0 unspecified atom stereocenters. The molecule has 0 saturated heterocycles. The van der Waals surface area contributed by atoms with Crippen LogP contribution in [0.2, 0.25) is 0 Å². The molecule has 0 bridgehead atoms. The van der Waals surface area contributed by atoms with Gasteiger partial charge in [0, 0.05) is 24.6 Å². The highest BCUT2D eigenvalue weighted by molar-refractivity contribution is 7.08. The zero-order valence-electron chi connectivity index (χ0n) is 13.6. The number of hydrogen-bond donors (Lipinski definition) is 2. The molecule has 1 saturated carbocycles. The van der Waals surface area contributed by atoms with Crippen LogP contribution in [0.5, 0.6) is 0 Å². The number of nitrogens with one attached hydrogen (secondary N) is 2. The summed E-state index contributed by atoms with van der Waals surface area (Å²) in [4.78, 5) is 24.2.